The smallest absolute Gasteiger partial charge is 0.140 e. The molecule has 0 amide bonds. The summed E-state index contributed by atoms with van der Waals surface area (Å²) in [6.07, 6.45) is 1.66. The van der Waals surface area contributed by atoms with E-state index in [0.29, 0.717) is 11.1 Å². The molecule has 0 unspecified atom stereocenters. The number of nitrogens with two attached hydrogens (primary N) is 1. The predicted molar refractivity (Wildman–Crippen MR) is 51.2 cm³/mol. The molecule has 2 aromatic rings. The first-order valence-electron chi connectivity index (χ1n) is 4.76. The summed E-state index contributed by atoms with van der Waals surface area (Å²) in [6, 6.07) is 3.59. The molecule has 1 fully saturated rings. The Labute approximate surface area is 84.7 Å². The molecule has 15 heavy (non-hydrogen) atoms. The number of fused-ring (bicyclic) bond motifs is 1. The lowest BCUT2D eigenvalue weighted by molar-refractivity contribution is 0.484. The molecule has 0 bridgehead atoms. The van der Waals surface area contributed by atoms with Crippen LogP contribution in [0, 0.1) is 11.6 Å². The van der Waals surface area contributed by atoms with Gasteiger partial charge in [-0.15, -0.1) is 0 Å². The second-order valence-corrected chi connectivity index (χ2v) is 4.07. The van der Waals surface area contributed by atoms with Gasteiger partial charge in [0, 0.05) is 12.1 Å². The van der Waals surface area contributed by atoms with E-state index in [4.69, 9.17) is 10.2 Å². The van der Waals surface area contributed by atoms with Gasteiger partial charge in [0.05, 0.1) is 10.9 Å². The fourth-order valence-electron chi connectivity index (χ4n) is 1.69. The molecule has 1 aliphatic carbocycles. The van der Waals surface area contributed by atoms with Crippen molar-refractivity contribution in [2.45, 2.75) is 18.4 Å². The third-order valence-electron chi connectivity index (χ3n) is 2.83. The van der Waals surface area contributed by atoms with Gasteiger partial charge in [-0.2, -0.15) is 0 Å². The van der Waals surface area contributed by atoms with E-state index in [1.54, 1.807) is 6.07 Å². The Kier molecular flexibility index (Phi) is 1.52. The fraction of sp³-hybridized carbons (Fsp3) is 0.273. The molecule has 2 nitrogen and oxygen atoms in total. The van der Waals surface area contributed by atoms with Crippen LogP contribution in [0.3, 0.4) is 0 Å². The quantitative estimate of drug-likeness (QED) is 0.784. The van der Waals surface area contributed by atoms with E-state index >= 15 is 0 Å². The maximum Gasteiger partial charge on any atom is 0.140 e. The SMILES string of the molecule is NC1(c2cc3c(F)cc(F)cc3o2)CC1. The van der Waals surface area contributed by atoms with Crippen LogP contribution in [0.15, 0.2) is 22.6 Å². The second kappa shape index (κ2) is 2.58. The maximum absolute atomic E-state index is 13.3. The van der Waals surface area contributed by atoms with Gasteiger partial charge in [-0.05, 0) is 18.9 Å². The van der Waals surface area contributed by atoms with E-state index in [2.05, 4.69) is 0 Å². The van der Waals surface area contributed by atoms with Crippen molar-refractivity contribution in [3.05, 3.63) is 35.6 Å². The summed E-state index contributed by atoms with van der Waals surface area (Å²) in [5.74, 6) is -0.700. The highest BCUT2D eigenvalue weighted by molar-refractivity contribution is 5.79. The maximum atomic E-state index is 13.3. The molecule has 0 radical (unpaired) electrons. The van der Waals surface area contributed by atoms with Crippen LogP contribution in [-0.4, -0.2) is 0 Å². The largest absolute Gasteiger partial charge is 0.459 e. The summed E-state index contributed by atoms with van der Waals surface area (Å²) in [5, 5.41) is 0.295. The standard InChI is InChI=1S/C11H9F2NO/c12-6-3-8(13)7-5-10(11(14)1-2-11)15-9(7)4-6/h3-5H,1-2,14H2. The minimum absolute atomic E-state index is 0.222. The highest BCUT2D eigenvalue weighted by Gasteiger charge is 2.43. The van der Waals surface area contributed by atoms with Gasteiger partial charge in [-0.3, -0.25) is 0 Å². The first-order valence-corrected chi connectivity index (χ1v) is 4.76. The van der Waals surface area contributed by atoms with Gasteiger partial charge < -0.3 is 10.2 Å². The number of hydrogen-bond acceptors (Lipinski definition) is 2. The van der Waals surface area contributed by atoms with Crippen molar-refractivity contribution in [1.82, 2.24) is 0 Å². The van der Waals surface area contributed by atoms with E-state index in [1.165, 1.54) is 6.07 Å². The van der Waals surface area contributed by atoms with Gasteiger partial charge in [0.25, 0.3) is 0 Å². The molecule has 4 heteroatoms. The van der Waals surface area contributed by atoms with Crippen molar-refractivity contribution in [2.75, 3.05) is 0 Å². The molecule has 78 valence electrons. The lowest BCUT2D eigenvalue weighted by Crippen LogP contribution is -2.17. The molecule has 0 spiro atoms. The molecule has 1 aromatic carbocycles. The van der Waals surface area contributed by atoms with E-state index in [9.17, 15) is 8.78 Å². The minimum atomic E-state index is -0.636. The monoisotopic (exact) mass is 209 g/mol. The lowest BCUT2D eigenvalue weighted by atomic mass is 10.2. The first kappa shape index (κ1) is 8.85. The number of benzene rings is 1. The van der Waals surface area contributed by atoms with Crippen LogP contribution in [-0.2, 0) is 5.54 Å². The average Bonchev–Trinajstić information content (AvgIpc) is 2.77. The number of furan rings is 1. The van der Waals surface area contributed by atoms with E-state index < -0.39 is 17.2 Å². The molecule has 3 rings (SSSR count). The Morgan fingerprint density at radius 2 is 1.93 bits per heavy atom. The van der Waals surface area contributed by atoms with Crippen molar-refractivity contribution in [3.63, 3.8) is 0 Å². The topological polar surface area (TPSA) is 39.2 Å². The number of hydrogen-bond donors (Lipinski definition) is 1. The molecule has 1 heterocycles. The summed E-state index contributed by atoms with van der Waals surface area (Å²) in [7, 11) is 0. The lowest BCUT2D eigenvalue weighted by Gasteiger charge is -2.01. The predicted octanol–water partition coefficient (Wildman–Crippen LogP) is 2.66. The third-order valence-corrected chi connectivity index (χ3v) is 2.83. The van der Waals surface area contributed by atoms with Gasteiger partial charge in [0.15, 0.2) is 0 Å². The summed E-state index contributed by atoms with van der Waals surface area (Å²) >= 11 is 0. The van der Waals surface area contributed by atoms with E-state index in [0.717, 1.165) is 18.9 Å². The molecule has 0 aliphatic heterocycles. The summed E-state index contributed by atoms with van der Waals surface area (Å²) in [4.78, 5) is 0. The van der Waals surface area contributed by atoms with Crippen molar-refractivity contribution < 1.29 is 13.2 Å². The van der Waals surface area contributed by atoms with Crippen molar-refractivity contribution in [3.8, 4) is 0 Å². The zero-order valence-electron chi connectivity index (χ0n) is 7.89. The van der Waals surface area contributed by atoms with Crippen LogP contribution in [0.5, 0.6) is 0 Å². The average molecular weight is 209 g/mol. The van der Waals surface area contributed by atoms with Crippen LogP contribution in [0.1, 0.15) is 18.6 Å². The first-order chi connectivity index (χ1) is 7.08. The van der Waals surface area contributed by atoms with Crippen LogP contribution in [0.2, 0.25) is 0 Å². The second-order valence-electron chi connectivity index (χ2n) is 4.07. The molecule has 0 saturated heterocycles. The molecular formula is C11H9F2NO. The van der Waals surface area contributed by atoms with E-state index in [1.807, 2.05) is 0 Å². The zero-order valence-corrected chi connectivity index (χ0v) is 7.89. The Balaban J connectivity index is 2.25. The molecule has 1 aromatic heterocycles. The Hall–Kier alpha value is -1.42. The van der Waals surface area contributed by atoms with Crippen LogP contribution in [0.25, 0.3) is 11.0 Å². The Bertz CT molecular complexity index is 543. The molecular weight excluding hydrogens is 200 g/mol. The minimum Gasteiger partial charge on any atom is -0.459 e. The van der Waals surface area contributed by atoms with Gasteiger partial charge in [-0.1, -0.05) is 0 Å². The Morgan fingerprint density at radius 3 is 2.60 bits per heavy atom. The van der Waals surface area contributed by atoms with Crippen LogP contribution >= 0.6 is 0 Å². The Morgan fingerprint density at radius 1 is 1.20 bits per heavy atom. The molecule has 1 saturated carbocycles. The van der Waals surface area contributed by atoms with Gasteiger partial charge >= 0.3 is 0 Å². The molecule has 2 N–H and O–H groups in total. The number of rotatable bonds is 1. The fourth-order valence-corrected chi connectivity index (χ4v) is 1.69. The third kappa shape index (κ3) is 1.25. The van der Waals surface area contributed by atoms with Crippen molar-refractivity contribution in [2.24, 2.45) is 5.73 Å². The highest BCUT2D eigenvalue weighted by atomic mass is 19.1. The van der Waals surface area contributed by atoms with Gasteiger partial charge in [0.1, 0.15) is 23.0 Å². The van der Waals surface area contributed by atoms with Gasteiger partial charge in [-0.25, -0.2) is 8.78 Å². The van der Waals surface area contributed by atoms with Crippen molar-refractivity contribution >= 4 is 11.0 Å². The summed E-state index contributed by atoms with van der Waals surface area (Å²) < 4.78 is 31.6. The number of halogens is 2. The van der Waals surface area contributed by atoms with Crippen LogP contribution in [0.4, 0.5) is 8.78 Å². The van der Waals surface area contributed by atoms with Crippen molar-refractivity contribution in [1.29, 1.82) is 0 Å². The van der Waals surface area contributed by atoms with Gasteiger partial charge in [0.2, 0.25) is 0 Å². The zero-order chi connectivity index (χ0) is 10.6. The molecule has 1 aliphatic rings. The normalized spacial score (nSPS) is 18.3. The highest BCUT2D eigenvalue weighted by Crippen LogP contribution is 2.44. The summed E-state index contributed by atoms with van der Waals surface area (Å²) in [6.45, 7) is 0. The van der Waals surface area contributed by atoms with E-state index in [-0.39, 0.29) is 5.58 Å². The summed E-state index contributed by atoms with van der Waals surface area (Å²) in [5.41, 5.74) is 5.67. The van der Waals surface area contributed by atoms with Crippen LogP contribution < -0.4 is 5.73 Å². The molecule has 0 atom stereocenters.